The average Bonchev–Trinajstić information content (AvgIpc) is 2.43. The molecule has 3 heteroatoms. The molecule has 0 bridgehead atoms. The van der Waals surface area contributed by atoms with E-state index in [0.29, 0.717) is 23.6 Å². The van der Waals surface area contributed by atoms with Crippen molar-refractivity contribution in [3.63, 3.8) is 0 Å². The van der Waals surface area contributed by atoms with Crippen LogP contribution in [0.25, 0.3) is 0 Å². The third kappa shape index (κ3) is 3.83. The molecule has 0 aromatic heterocycles. The van der Waals surface area contributed by atoms with E-state index in [2.05, 4.69) is 25.8 Å². The van der Waals surface area contributed by atoms with Crippen LogP contribution in [0.3, 0.4) is 0 Å². The molecule has 1 aliphatic rings. The third-order valence-electron chi connectivity index (χ3n) is 5.17. The number of aryl methyl sites for hydroxylation is 1. The van der Waals surface area contributed by atoms with E-state index < -0.39 is 0 Å². The SMILES string of the molecule is Cc1cc(C(CN)N(C)C2CCC(C)(C)CC2)ccc1F. The Morgan fingerprint density at radius 1 is 1.33 bits per heavy atom. The van der Waals surface area contributed by atoms with Crippen LogP contribution in [0, 0.1) is 18.2 Å². The molecule has 0 radical (unpaired) electrons. The lowest BCUT2D eigenvalue weighted by molar-refractivity contribution is 0.0966. The quantitative estimate of drug-likeness (QED) is 0.907. The topological polar surface area (TPSA) is 29.3 Å². The van der Waals surface area contributed by atoms with Crippen molar-refractivity contribution in [2.24, 2.45) is 11.1 Å². The van der Waals surface area contributed by atoms with Gasteiger partial charge in [-0.25, -0.2) is 4.39 Å². The summed E-state index contributed by atoms with van der Waals surface area (Å²) in [6, 6.07) is 6.14. The Morgan fingerprint density at radius 2 is 1.95 bits per heavy atom. The van der Waals surface area contributed by atoms with E-state index >= 15 is 0 Å². The minimum absolute atomic E-state index is 0.142. The van der Waals surface area contributed by atoms with Crippen molar-refractivity contribution in [2.45, 2.75) is 58.5 Å². The molecule has 1 aliphatic carbocycles. The van der Waals surface area contributed by atoms with E-state index in [4.69, 9.17) is 5.73 Å². The molecule has 0 saturated heterocycles. The summed E-state index contributed by atoms with van der Waals surface area (Å²) in [5.74, 6) is -0.142. The standard InChI is InChI=1S/C18H29FN2/c1-13-11-14(5-6-16(13)19)17(12-20)21(4)15-7-9-18(2,3)10-8-15/h5-6,11,15,17H,7-10,12,20H2,1-4H3. The number of nitrogens with two attached hydrogens (primary N) is 1. The average molecular weight is 292 g/mol. The zero-order valence-corrected chi connectivity index (χ0v) is 13.8. The lowest BCUT2D eigenvalue weighted by Gasteiger charge is -2.41. The summed E-state index contributed by atoms with van der Waals surface area (Å²) in [5.41, 5.74) is 8.32. The van der Waals surface area contributed by atoms with Gasteiger partial charge in [-0.1, -0.05) is 26.0 Å². The molecule has 1 atom stereocenters. The van der Waals surface area contributed by atoms with Crippen molar-refractivity contribution >= 4 is 0 Å². The molecule has 2 N–H and O–H groups in total. The molecule has 0 aliphatic heterocycles. The summed E-state index contributed by atoms with van der Waals surface area (Å²) >= 11 is 0. The van der Waals surface area contributed by atoms with E-state index in [1.54, 1.807) is 6.07 Å². The molecule has 1 saturated carbocycles. The monoisotopic (exact) mass is 292 g/mol. The van der Waals surface area contributed by atoms with Gasteiger partial charge in [-0.05, 0) is 62.3 Å². The Morgan fingerprint density at radius 3 is 2.48 bits per heavy atom. The highest BCUT2D eigenvalue weighted by atomic mass is 19.1. The Hall–Kier alpha value is -0.930. The molecular formula is C18H29FN2. The molecule has 1 aromatic rings. The van der Waals surface area contributed by atoms with Gasteiger partial charge in [-0.15, -0.1) is 0 Å². The minimum atomic E-state index is -0.142. The van der Waals surface area contributed by atoms with Crippen LogP contribution < -0.4 is 5.73 Å². The van der Waals surface area contributed by atoms with Crippen LogP contribution in [-0.4, -0.2) is 24.5 Å². The number of halogens is 1. The molecule has 2 nitrogen and oxygen atoms in total. The highest BCUT2D eigenvalue weighted by Crippen LogP contribution is 2.38. The van der Waals surface area contributed by atoms with Gasteiger partial charge in [-0.3, -0.25) is 4.90 Å². The summed E-state index contributed by atoms with van der Waals surface area (Å²) in [6.07, 6.45) is 4.98. The maximum Gasteiger partial charge on any atom is 0.126 e. The fourth-order valence-corrected chi connectivity index (χ4v) is 3.46. The second kappa shape index (κ2) is 6.45. The summed E-state index contributed by atoms with van der Waals surface area (Å²) in [5, 5.41) is 0. The van der Waals surface area contributed by atoms with Crippen LogP contribution in [0.15, 0.2) is 18.2 Å². The minimum Gasteiger partial charge on any atom is -0.329 e. The van der Waals surface area contributed by atoms with Crippen LogP contribution in [-0.2, 0) is 0 Å². The van der Waals surface area contributed by atoms with Crippen LogP contribution in [0.2, 0.25) is 0 Å². The van der Waals surface area contributed by atoms with Gasteiger partial charge in [0.1, 0.15) is 5.82 Å². The Bertz CT molecular complexity index is 474. The number of likely N-dealkylation sites (N-methyl/N-ethyl adjacent to an activating group) is 1. The van der Waals surface area contributed by atoms with Crippen molar-refractivity contribution in [1.29, 1.82) is 0 Å². The molecule has 21 heavy (non-hydrogen) atoms. The summed E-state index contributed by atoms with van der Waals surface area (Å²) in [4.78, 5) is 2.40. The first-order chi connectivity index (χ1) is 9.84. The van der Waals surface area contributed by atoms with Gasteiger partial charge in [0.2, 0.25) is 0 Å². The zero-order chi connectivity index (χ0) is 15.6. The van der Waals surface area contributed by atoms with Crippen molar-refractivity contribution in [2.75, 3.05) is 13.6 Å². The third-order valence-corrected chi connectivity index (χ3v) is 5.17. The van der Waals surface area contributed by atoms with Gasteiger partial charge in [0.25, 0.3) is 0 Å². The number of hydrogen-bond acceptors (Lipinski definition) is 2. The second-order valence-electron chi connectivity index (χ2n) is 7.32. The highest BCUT2D eigenvalue weighted by molar-refractivity contribution is 5.27. The van der Waals surface area contributed by atoms with E-state index in [1.807, 2.05) is 19.1 Å². The second-order valence-corrected chi connectivity index (χ2v) is 7.32. The van der Waals surface area contributed by atoms with Crippen LogP contribution in [0.4, 0.5) is 4.39 Å². The van der Waals surface area contributed by atoms with Crippen molar-refractivity contribution in [3.8, 4) is 0 Å². The van der Waals surface area contributed by atoms with E-state index in [9.17, 15) is 4.39 Å². The zero-order valence-electron chi connectivity index (χ0n) is 13.8. The molecule has 1 fully saturated rings. The predicted molar refractivity (Wildman–Crippen MR) is 86.7 cm³/mol. The van der Waals surface area contributed by atoms with Crippen molar-refractivity contribution in [1.82, 2.24) is 4.90 Å². The number of benzene rings is 1. The smallest absolute Gasteiger partial charge is 0.126 e. The van der Waals surface area contributed by atoms with Gasteiger partial charge in [-0.2, -0.15) is 0 Å². The van der Waals surface area contributed by atoms with E-state index in [0.717, 1.165) is 5.56 Å². The Balaban J connectivity index is 2.11. The molecule has 0 heterocycles. The number of nitrogens with zero attached hydrogens (tertiary/aromatic N) is 1. The molecule has 0 amide bonds. The summed E-state index contributed by atoms with van der Waals surface area (Å²) < 4.78 is 13.5. The van der Waals surface area contributed by atoms with E-state index in [1.165, 1.54) is 25.7 Å². The fraction of sp³-hybridized carbons (Fsp3) is 0.667. The maximum atomic E-state index is 13.5. The Kier molecular flexibility index (Phi) is 5.05. The lowest BCUT2D eigenvalue weighted by Crippen LogP contribution is -2.41. The van der Waals surface area contributed by atoms with Crippen molar-refractivity contribution in [3.05, 3.63) is 35.1 Å². The first-order valence-corrected chi connectivity index (χ1v) is 8.02. The summed E-state index contributed by atoms with van der Waals surface area (Å²) in [6.45, 7) is 7.09. The van der Waals surface area contributed by atoms with Crippen LogP contribution >= 0.6 is 0 Å². The molecule has 0 spiro atoms. The molecule has 2 rings (SSSR count). The fourth-order valence-electron chi connectivity index (χ4n) is 3.46. The Labute approximate surface area is 128 Å². The number of hydrogen-bond donors (Lipinski definition) is 1. The summed E-state index contributed by atoms with van der Waals surface area (Å²) in [7, 11) is 2.17. The first kappa shape index (κ1) is 16.4. The normalized spacial score (nSPS) is 20.7. The van der Waals surface area contributed by atoms with Gasteiger partial charge in [0, 0.05) is 18.6 Å². The van der Waals surface area contributed by atoms with Gasteiger partial charge in [0.15, 0.2) is 0 Å². The molecular weight excluding hydrogens is 263 g/mol. The highest BCUT2D eigenvalue weighted by Gasteiger charge is 2.31. The molecule has 1 aromatic carbocycles. The van der Waals surface area contributed by atoms with Crippen LogP contribution in [0.1, 0.15) is 56.7 Å². The van der Waals surface area contributed by atoms with E-state index in [-0.39, 0.29) is 11.9 Å². The van der Waals surface area contributed by atoms with Crippen molar-refractivity contribution < 1.29 is 4.39 Å². The predicted octanol–water partition coefficient (Wildman–Crippen LogP) is 4.03. The maximum absolute atomic E-state index is 13.5. The molecule has 1 unspecified atom stereocenters. The molecule has 118 valence electrons. The lowest BCUT2D eigenvalue weighted by atomic mass is 9.75. The number of rotatable bonds is 4. The van der Waals surface area contributed by atoms with Crippen LogP contribution in [0.5, 0.6) is 0 Å². The van der Waals surface area contributed by atoms with Gasteiger partial charge in [0.05, 0.1) is 0 Å². The first-order valence-electron chi connectivity index (χ1n) is 8.02. The van der Waals surface area contributed by atoms with Gasteiger partial charge >= 0.3 is 0 Å². The van der Waals surface area contributed by atoms with Gasteiger partial charge < -0.3 is 5.73 Å². The largest absolute Gasteiger partial charge is 0.329 e.